The number of rotatable bonds is 6. The van der Waals surface area contributed by atoms with Crippen LogP contribution >= 0.6 is 11.8 Å². The highest BCUT2D eigenvalue weighted by atomic mass is 32.2. The summed E-state index contributed by atoms with van der Waals surface area (Å²) in [4.78, 5) is 42.4. The van der Waals surface area contributed by atoms with Crippen LogP contribution in [-0.4, -0.2) is 52.9 Å². The molecule has 0 unspecified atom stereocenters. The molecule has 1 atom stereocenters. The Kier molecular flexibility index (Phi) is 6.13. The van der Waals surface area contributed by atoms with E-state index in [0.717, 1.165) is 32.8 Å². The van der Waals surface area contributed by atoms with Crippen LogP contribution in [0.1, 0.15) is 5.56 Å². The summed E-state index contributed by atoms with van der Waals surface area (Å²) >= 11 is 1.69. The first kappa shape index (κ1) is 20.8. The molecule has 4 N–H and O–H groups in total. The Balaban J connectivity index is 1.36. The van der Waals surface area contributed by atoms with Crippen molar-refractivity contribution in [1.82, 2.24) is 15.6 Å². The molecular weight excluding hydrogens is 416 g/mol. The van der Waals surface area contributed by atoms with Gasteiger partial charge in [0.2, 0.25) is 5.91 Å². The number of fused-ring (bicyclic) bond motifs is 2. The minimum Gasteiger partial charge on any atom is -0.480 e. The van der Waals surface area contributed by atoms with E-state index in [1.54, 1.807) is 22.9 Å². The molecular formula is C22H22N4O4S. The summed E-state index contributed by atoms with van der Waals surface area (Å²) in [5.74, 6) is -0.610. The maximum absolute atomic E-state index is 12.6. The fourth-order valence-electron chi connectivity index (χ4n) is 3.61. The number of anilines is 1. The summed E-state index contributed by atoms with van der Waals surface area (Å²) in [6.07, 6.45) is 1.87. The number of hydrogen-bond donors (Lipinski definition) is 4. The number of aromatic amines is 1. The van der Waals surface area contributed by atoms with Crippen LogP contribution in [0.25, 0.3) is 10.9 Å². The standard InChI is InChI=1S/C22H22N4O4S/c27-20(26-9-10-31-19-8-4-3-7-18(19)26)13-24-22(30)25-17(21(28)29)11-14-12-23-16-6-2-1-5-15(14)16/h1-8,12,17,23H,9-11,13H2,(H,28,29)(H2,24,25,30)/t17-/m0/s1. The van der Waals surface area contributed by atoms with Gasteiger partial charge in [-0.25, -0.2) is 9.59 Å². The summed E-state index contributed by atoms with van der Waals surface area (Å²) in [7, 11) is 0. The maximum atomic E-state index is 12.6. The molecule has 0 bridgehead atoms. The number of carboxylic acid groups (broad SMARTS) is 1. The van der Waals surface area contributed by atoms with Gasteiger partial charge in [-0.15, -0.1) is 11.8 Å². The molecule has 3 aromatic rings. The highest BCUT2D eigenvalue weighted by Crippen LogP contribution is 2.34. The third-order valence-corrected chi connectivity index (χ3v) is 6.18. The van der Waals surface area contributed by atoms with Gasteiger partial charge < -0.3 is 25.6 Å². The second-order valence-electron chi connectivity index (χ2n) is 7.14. The first-order valence-electron chi connectivity index (χ1n) is 9.87. The van der Waals surface area contributed by atoms with Crippen LogP contribution in [0.5, 0.6) is 0 Å². The number of H-pyrrole nitrogens is 1. The zero-order chi connectivity index (χ0) is 21.8. The van der Waals surface area contributed by atoms with Gasteiger partial charge in [-0.05, 0) is 23.8 Å². The predicted octanol–water partition coefficient (Wildman–Crippen LogP) is 2.60. The van der Waals surface area contributed by atoms with Gasteiger partial charge in [0.1, 0.15) is 6.04 Å². The van der Waals surface area contributed by atoms with E-state index in [-0.39, 0.29) is 18.9 Å². The summed E-state index contributed by atoms with van der Waals surface area (Å²) in [5, 5.41) is 15.4. The maximum Gasteiger partial charge on any atom is 0.326 e. The molecule has 9 heteroatoms. The highest BCUT2D eigenvalue weighted by Gasteiger charge is 2.25. The van der Waals surface area contributed by atoms with Crippen molar-refractivity contribution in [1.29, 1.82) is 0 Å². The summed E-state index contributed by atoms with van der Waals surface area (Å²) in [5.41, 5.74) is 2.52. The van der Waals surface area contributed by atoms with Crippen LogP contribution in [0, 0.1) is 0 Å². The number of aliphatic carboxylic acids is 1. The van der Waals surface area contributed by atoms with E-state index in [1.807, 2.05) is 48.5 Å². The lowest BCUT2D eigenvalue weighted by atomic mass is 10.1. The molecule has 0 saturated heterocycles. The van der Waals surface area contributed by atoms with Crippen LogP contribution in [0.4, 0.5) is 10.5 Å². The largest absolute Gasteiger partial charge is 0.480 e. The summed E-state index contributed by atoms with van der Waals surface area (Å²) in [6.45, 7) is 0.340. The third-order valence-electron chi connectivity index (χ3n) is 5.13. The third kappa shape index (κ3) is 4.66. The second kappa shape index (κ2) is 9.13. The Morgan fingerprint density at radius 2 is 1.90 bits per heavy atom. The average molecular weight is 439 g/mol. The number of nitrogens with one attached hydrogen (secondary N) is 3. The normalized spacial score (nSPS) is 14.0. The SMILES string of the molecule is O=C(NCC(=O)N1CCSc2ccccc21)N[C@@H](Cc1c[nH]c2ccccc12)C(=O)O. The van der Waals surface area contributed by atoms with Gasteiger partial charge in [-0.2, -0.15) is 0 Å². The Morgan fingerprint density at radius 1 is 1.13 bits per heavy atom. The highest BCUT2D eigenvalue weighted by molar-refractivity contribution is 7.99. The van der Waals surface area contributed by atoms with Gasteiger partial charge in [-0.3, -0.25) is 4.79 Å². The van der Waals surface area contributed by atoms with Crippen LogP contribution in [0.15, 0.2) is 59.6 Å². The van der Waals surface area contributed by atoms with E-state index in [2.05, 4.69) is 15.6 Å². The molecule has 0 fully saturated rings. The first-order chi connectivity index (χ1) is 15.0. The number of amides is 3. The van der Waals surface area contributed by atoms with E-state index < -0.39 is 18.0 Å². The molecule has 1 aromatic heterocycles. The number of aromatic nitrogens is 1. The summed E-state index contributed by atoms with van der Waals surface area (Å²) in [6, 6.07) is 13.4. The molecule has 0 radical (unpaired) electrons. The monoisotopic (exact) mass is 438 g/mol. The van der Waals surface area contributed by atoms with Crippen molar-refractivity contribution in [2.24, 2.45) is 0 Å². The van der Waals surface area contributed by atoms with E-state index in [4.69, 9.17) is 0 Å². The average Bonchev–Trinajstić information content (AvgIpc) is 3.19. The van der Waals surface area contributed by atoms with Crippen LogP contribution < -0.4 is 15.5 Å². The molecule has 2 heterocycles. The van der Waals surface area contributed by atoms with Crippen molar-refractivity contribution in [3.8, 4) is 0 Å². The number of nitrogens with zero attached hydrogens (tertiary/aromatic N) is 1. The number of thioether (sulfide) groups is 1. The molecule has 1 aliphatic rings. The number of hydrogen-bond acceptors (Lipinski definition) is 4. The van der Waals surface area contributed by atoms with Gasteiger partial charge in [0.15, 0.2) is 0 Å². The lowest BCUT2D eigenvalue weighted by Crippen LogP contribution is -2.50. The van der Waals surface area contributed by atoms with Crippen molar-refractivity contribution in [3.63, 3.8) is 0 Å². The molecule has 160 valence electrons. The van der Waals surface area contributed by atoms with Gasteiger partial charge in [0.25, 0.3) is 0 Å². The van der Waals surface area contributed by atoms with Crippen LogP contribution in [0.2, 0.25) is 0 Å². The van der Waals surface area contributed by atoms with Gasteiger partial charge in [0, 0.05) is 40.7 Å². The Labute approximate surface area is 183 Å². The summed E-state index contributed by atoms with van der Waals surface area (Å²) < 4.78 is 0. The minimum absolute atomic E-state index is 0.122. The topological polar surface area (TPSA) is 115 Å². The van der Waals surface area contributed by atoms with E-state index in [1.165, 1.54) is 0 Å². The number of carboxylic acids is 1. The first-order valence-corrected chi connectivity index (χ1v) is 10.9. The van der Waals surface area contributed by atoms with Crippen molar-refractivity contribution >= 4 is 46.3 Å². The van der Waals surface area contributed by atoms with E-state index in [0.29, 0.717) is 6.54 Å². The van der Waals surface area contributed by atoms with E-state index >= 15 is 0 Å². The number of urea groups is 1. The van der Waals surface area contributed by atoms with Gasteiger partial charge in [0.05, 0.1) is 12.2 Å². The molecule has 1 aliphatic heterocycles. The van der Waals surface area contributed by atoms with Gasteiger partial charge in [-0.1, -0.05) is 30.3 Å². The molecule has 31 heavy (non-hydrogen) atoms. The van der Waals surface area contributed by atoms with Crippen molar-refractivity contribution in [2.75, 3.05) is 23.7 Å². The lowest BCUT2D eigenvalue weighted by Gasteiger charge is -2.29. The molecule has 2 aromatic carbocycles. The zero-order valence-corrected chi connectivity index (χ0v) is 17.4. The predicted molar refractivity (Wildman–Crippen MR) is 119 cm³/mol. The molecule has 0 aliphatic carbocycles. The van der Waals surface area contributed by atoms with Crippen molar-refractivity contribution < 1.29 is 19.5 Å². The van der Waals surface area contributed by atoms with Crippen LogP contribution in [0.3, 0.4) is 0 Å². The van der Waals surface area contributed by atoms with E-state index in [9.17, 15) is 19.5 Å². The minimum atomic E-state index is -1.14. The smallest absolute Gasteiger partial charge is 0.326 e. The fourth-order valence-corrected chi connectivity index (χ4v) is 4.60. The molecule has 0 saturated carbocycles. The Hall–Kier alpha value is -3.46. The Bertz CT molecular complexity index is 1130. The molecule has 0 spiro atoms. The fraction of sp³-hybridized carbons (Fsp3) is 0.227. The quantitative estimate of drug-likeness (QED) is 0.472. The molecule has 3 amide bonds. The second-order valence-corrected chi connectivity index (χ2v) is 8.28. The Morgan fingerprint density at radius 3 is 2.74 bits per heavy atom. The number of carbonyl (C=O) groups is 3. The van der Waals surface area contributed by atoms with Gasteiger partial charge >= 0.3 is 12.0 Å². The van der Waals surface area contributed by atoms with Crippen molar-refractivity contribution in [3.05, 3.63) is 60.3 Å². The lowest BCUT2D eigenvalue weighted by molar-refractivity contribution is -0.139. The molecule has 4 rings (SSSR count). The zero-order valence-electron chi connectivity index (χ0n) is 16.6. The van der Waals surface area contributed by atoms with Crippen molar-refractivity contribution in [2.45, 2.75) is 17.4 Å². The number of carbonyl (C=O) groups excluding carboxylic acids is 2. The number of para-hydroxylation sites is 2. The molecule has 8 nitrogen and oxygen atoms in total. The number of benzene rings is 2. The van der Waals surface area contributed by atoms with Crippen LogP contribution in [-0.2, 0) is 16.0 Å².